The molecule has 2 N–H and O–H groups in total. The van der Waals surface area contributed by atoms with Gasteiger partial charge in [0.05, 0.1) is 24.6 Å². The van der Waals surface area contributed by atoms with E-state index in [1.807, 2.05) is 36.4 Å². The second-order valence-corrected chi connectivity index (χ2v) is 7.06. The molecule has 2 aromatic carbocycles. The normalized spacial score (nSPS) is 11.6. The van der Waals surface area contributed by atoms with E-state index >= 15 is 0 Å². The molecule has 0 saturated heterocycles. The molecule has 3 aromatic rings. The number of nitrogens with zero attached hydrogens (tertiary/aromatic N) is 2. The highest BCUT2D eigenvalue weighted by atomic mass is 16.5. The largest absolute Gasteiger partial charge is 0.384 e. The highest BCUT2D eigenvalue weighted by molar-refractivity contribution is 5.44. The van der Waals surface area contributed by atoms with Crippen molar-refractivity contribution in [2.24, 2.45) is 0 Å². The Bertz CT molecular complexity index is 820. The van der Waals surface area contributed by atoms with Gasteiger partial charge in [-0.3, -0.25) is 0 Å². The molecule has 0 fully saturated rings. The molecule has 0 amide bonds. The SMILES string of the molecule is Cc1ccc(-n2nc(C(C)(C)COCc3ccccc3)cc2N)cc1. The van der Waals surface area contributed by atoms with Crippen LogP contribution >= 0.6 is 0 Å². The van der Waals surface area contributed by atoms with Crippen molar-refractivity contribution in [1.82, 2.24) is 9.78 Å². The lowest BCUT2D eigenvalue weighted by Gasteiger charge is -2.22. The molecule has 0 spiro atoms. The Kier molecular flexibility index (Phi) is 4.91. The first-order chi connectivity index (χ1) is 12.0. The summed E-state index contributed by atoms with van der Waals surface area (Å²) < 4.78 is 7.70. The van der Waals surface area contributed by atoms with Gasteiger partial charge >= 0.3 is 0 Å². The summed E-state index contributed by atoms with van der Waals surface area (Å²) in [5.74, 6) is 0.634. The Labute approximate surface area is 149 Å². The number of aromatic nitrogens is 2. The van der Waals surface area contributed by atoms with E-state index in [1.54, 1.807) is 4.68 Å². The van der Waals surface area contributed by atoms with Crippen molar-refractivity contribution in [2.45, 2.75) is 32.8 Å². The zero-order valence-corrected chi connectivity index (χ0v) is 15.1. The van der Waals surface area contributed by atoms with Crippen LogP contribution in [0, 0.1) is 6.92 Å². The minimum absolute atomic E-state index is 0.223. The van der Waals surface area contributed by atoms with Crippen LogP contribution in [0.4, 0.5) is 5.82 Å². The maximum Gasteiger partial charge on any atom is 0.127 e. The zero-order valence-electron chi connectivity index (χ0n) is 15.1. The Hall–Kier alpha value is -2.59. The molecule has 130 valence electrons. The minimum atomic E-state index is -0.223. The van der Waals surface area contributed by atoms with Gasteiger partial charge in [0.25, 0.3) is 0 Å². The molecule has 0 unspecified atom stereocenters. The number of aryl methyl sites for hydroxylation is 1. The van der Waals surface area contributed by atoms with Crippen LogP contribution in [0.15, 0.2) is 60.7 Å². The molecule has 4 nitrogen and oxygen atoms in total. The standard InChI is InChI=1S/C21H25N3O/c1-16-9-11-18(12-10-16)24-20(22)13-19(23-24)21(2,3)15-25-14-17-7-5-4-6-8-17/h4-13H,14-15,22H2,1-3H3. The van der Waals surface area contributed by atoms with Gasteiger partial charge in [-0.25, -0.2) is 4.68 Å². The predicted molar refractivity (Wildman–Crippen MR) is 102 cm³/mol. The summed E-state index contributed by atoms with van der Waals surface area (Å²) in [4.78, 5) is 0. The number of hydrogen-bond acceptors (Lipinski definition) is 3. The molecule has 0 saturated carbocycles. The molecule has 1 heterocycles. The van der Waals surface area contributed by atoms with Crippen LogP contribution in [-0.4, -0.2) is 16.4 Å². The fraction of sp³-hybridized carbons (Fsp3) is 0.286. The van der Waals surface area contributed by atoms with Crippen molar-refractivity contribution in [2.75, 3.05) is 12.3 Å². The molecular formula is C21H25N3O. The minimum Gasteiger partial charge on any atom is -0.384 e. The molecule has 4 heteroatoms. The number of ether oxygens (including phenoxy) is 1. The lowest BCUT2D eigenvalue weighted by Crippen LogP contribution is -2.25. The Morgan fingerprint density at radius 2 is 1.72 bits per heavy atom. The van der Waals surface area contributed by atoms with E-state index in [0.29, 0.717) is 19.0 Å². The molecule has 0 aliphatic heterocycles. The monoisotopic (exact) mass is 335 g/mol. The van der Waals surface area contributed by atoms with Crippen molar-refractivity contribution in [3.63, 3.8) is 0 Å². The summed E-state index contributed by atoms with van der Waals surface area (Å²) in [5, 5.41) is 4.72. The first kappa shape index (κ1) is 17.2. The predicted octanol–water partition coefficient (Wildman–Crippen LogP) is 4.26. The number of benzene rings is 2. The molecule has 0 bridgehead atoms. The lowest BCUT2D eigenvalue weighted by atomic mass is 9.90. The van der Waals surface area contributed by atoms with Crippen LogP contribution < -0.4 is 5.73 Å². The lowest BCUT2D eigenvalue weighted by molar-refractivity contribution is 0.0810. The molecule has 0 aliphatic rings. The van der Waals surface area contributed by atoms with Crippen LogP contribution in [-0.2, 0) is 16.8 Å². The maximum atomic E-state index is 6.19. The van der Waals surface area contributed by atoms with Gasteiger partial charge in [0, 0.05) is 11.5 Å². The van der Waals surface area contributed by atoms with E-state index in [4.69, 9.17) is 15.6 Å². The van der Waals surface area contributed by atoms with Crippen molar-refractivity contribution in [3.05, 3.63) is 77.5 Å². The number of nitrogen functional groups attached to an aromatic ring is 1. The van der Waals surface area contributed by atoms with Crippen molar-refractivity contribution in [1.29, 1.82) is 0 Å². The summed E-state index contributed by atoms with van der Waals surface area (Å²) in [5.41, 5.74) is 10.2. The van der Waals surface area contributed by atoms with Gasteiger partial charge in [-0.05, 0) is 24.6 Å². The molecule has 0 aliphatic carbocycles. The van der Waals surface area contributed by atoms with Gasteiger partial charge in [0.1, 0.15) is 5.82 Å². The molecule has 0 radical (unpaired) electrons. The quantitative estimate of drug-likeness (QED) is 0.732. The average Bonchev–Trinajstić information content (AvgIpc) is 2.99. The molecule has 25 heavy (non-hydrogen) atoms. The molecular weight excluding hydrogens is 310 g/mol. The van der Waals surface area contributed by atoms with E-state index < -0.39 is 0 Å². The summed E-state index contributed by atoms with van der Waals surface area (Å²) >= 11 is 0. The highest BCUT2D eigenvalue weighted by Gasteiger charge is 2.25. The van der Waals surface area contributed by atoms with Gasteiger partial charge in [-0.15, -0.1) is 0 Å². The number of hydrogen-bond donors (Lipinski definition) is 1. The van der Waals surface area contributed by atoms with Gasteiger partial charge in [0.2, 0.25) is 0 Å². The third-order valence-corrected chi connectivity index (χ3v) is 4.28. The summed E-state index contributed by atoms with van der Waals surface area (Å²) in [6, 6.07) is 20.3. The highest BCUT2D eigenvalue weighted by Crippen LogP contribution is 2.26. The Balaban J connectivity index is 1.71. The summed E-state index contributed by atoms with van der Waals surface area (Å²) in [6.07, 6.45) is 0. The van der Waals surface area contributed by atoms with Crippen LogP contribution in [0.5, 0.6) is 0 Å². The zero-order chi connectivity index (χ0) is 17.9. The van der Waals surface area contributed by atoms with E-state index in [1.165, 1.54) is 11.1 Å². The van der Waals surface area contributed by atoms with E-state index in [9.17, 15) is 0 Å². The molecule has 1 aromatic heterocycles. The number of nitrogens with two attached hydrogens (primary N) is 1. The van der Waals surface area contributed by atoms with Crippen molar-refractivity contribution >= 4 is 5.82 Å². The van der Waals surface area contributed by atoms with Crippen LogP contribution in [0.3, 0.4) is 0 Å². The maximum absolute atomic E-state index is 6.19. The van der Waals surface area contributed by atoms with E-state index in [-0.39, 0.29) is 5.41 Å². The van der Waals surface area contributed by atoms with Gasteiger partial charge in [0.15, 0.2) is 0 Å². The smallest absolute Gasteiger partial charge is 0.127 e. The van der Waals surface area contributed by atoms with Crippen LogP contribution in [0.1, 0.15) is 30.7 Å². The summed E-state index contributed by atoms with van der Waals surface area (Å²) in [6.45, 7) is 7.48. The van der Waals surface area contributed by atoms with Gasteiger partial charge < -0.3 is 10.5 Å². The van der Waals surface area contributed by atoms with E-state index in [0.717, 1.165) is 11.4 Å². The molecule has 0 atom stereocenters. The fourth-order valence-corrected chi connectivity index (χ4v) is 2.69. The number of rotatable bonds is 6. The summed E-state index contributed by atoms with van der Waals surface area (Å²) in [7, 11) is 0. The topological polar surface area (TPSA) is 53.1 Å². The van der Waals surface area contributed by atoms with Crippen molar-refractivity contribution in [3.8, 4) is 5.69 Å². The fourth-order valence-electron chi connectivity index (χ4n) is 2.69. The first-order valence-electron chi connectivity index (χ1n) is 8.50. The van der Waals surface area contributed by atoms with Crippen LogP contribution in [0.2, 0.25) is 0 Å². The van der Waals surface area contributed by atoms with Crippen LogP contribution in [0.25, 0.3) is 5.69 Å². The van der Waals surface area contributed by atoms with E-state index in [2.05, 4.69) is 45.0 Å². The third kappa shape index (κ3) is 4.09. The Morgan fingerprint density at radius 3 is 2.40 bits per heavy atom. The number of anilines is 1. The Morgan fingerprint density at radius 1 is 1.04 bits per heavy atom. The average molecular weight is 335 g/mol. The van der Waals surface area contributed by atoms with Gasteiger partial charge in [-0.1, -0.05) is 61.9 Å². The second kappa shape index (κ2) is 7.11. The third-order valence-electron chi connectivity index (χ3n) is 4.28. The van der Waals surface area contributed by atoms with Gasteiger partial charge in [-0.2, -0.15) is 5.10 Å². The second-order valence-electron chi connectivity index (χ2n) is 7.06. The molecule has 3 rings (SSSR count). The first-order valence-corrected chi connectivity index (χ1v) is 8.50. The van der Waals surface area contributed by atoms with Crippen molar-refractivity contribution < 1.29 is 4.74 Å².